The minimum atomic E-state index is -0.960. The molecule has 4 rings (SSSR count). The number of hydrogen-bond donors (Lipinski definition) is 0. The molecule has 0 saturated carbocycles. The molecule has 7 nitrogen and oxygen atoms in total. The van der Waals surface area contributed by atoms with Crippen LogP contribution in [-0.2, 0) is 18.9 Å². The minimum absolute atomic E-state index is 0.0177. The number of hydrogen-bond acceptors (Lipinski definition) is 7. The number of esters is 3. The molecule has 0 aliphatic carbocycles. The largest absolute Gasteiger partial charge is 0.454 e. The quantitative estimate of drug-likeness (QED) is 0.417. The molecule has 1 fully saturated rings. The van der Waals surface area contributed by atoms with Crippen molar-refractivity contribution in [1.29, 1.82) is 0 Å². The molecular formula is C26H22O7. The van der Waals surface area contributed by atoms with Crippen LogP contribution in [0.25, 0.3) is 0 Å². The standard InChI is InChI=1S/C26H22O7/c27-24(18-10-4-1-5-11-18)31-21-16-23(33-26(29)20-14-8-3-9-15-20)30-17-22(21)32-25(28)19-12-6-2-7-13-19/h1-15,21-23H,16-17H2/t21-,22+,23-/m1/s1. The summed E-state index contributed by atoms with van der Waals surface area (Å²) in [5.41, 5.74) is 1.09. The minimum Gasteiger partial charge on any atom is -0.454 e. The fourth-order valence-corrected chi connectivity index (χ4v) is 3.36. The highest BCUT2D eigenvalue weighted by molar-refractivity contribution is 5.90. The number of carbonyl (C=O) groups excluding carboxylic acids is 3. The second-order valence-electron chi connectivity index (χ2n) is 7.39. The molecule has 1 saturated heterocycles. The summed E-state index contributed by atoms with van der Waals surface area (Å²) < 4.78 is 22.3. The zero-order chi connectivity index (χ0) is 23.0. The highest BCUT2D eigenvalue weighted by Crippen LogP contribution is 2.24. The fraction of sp³-hybridized carbons (Fsp3) is 0.192. The average Bonchev–Trinajstić information content (AvgIpc) is 2.87. The van der Waals surface area contributed by atoms with Crippen LogP contribution in [0.2, 0.25) is 0 Å². The first-order valence-electron chi connectivity index (χ1n) is 10.5. The van der Waals surface area contributed by atoms with Crippen LogP contribution in [0.5, 0.6) is 0 Å². The van der Waals surface area contributed by atoms with Gasteiger partial charge in [0.2, 0.25) is 6.29 Å². The SMILES string of the molecule is O=C(O[C@@H]1C[C@@H](OC(=O)c2ccccc2)[C@@H](OC(=O)c2ccccc2)CO1)c1ccccc1. The van der Waals surface area contributed by atoms with Crippen LogP contribution in [0, 0.1) is 0 Å². The molecule has 0 spiro atoms. The fourth-order valence-electron chi connectivity index (χ4n) is 3.36. The first-order valence-corrected chi connectivity index (χ1v) is 10.5. The van der Waals surface area contributed by atoms with Gasteiger partial charge < -0.3 is 18.9 Å². The van der Waals surface area contributed by atoms with Gasteiger partial charge in [-0.3, -0.25) is 0 Å². The molecule has 33 heavy (non-hydrogen) atoms. The van der Waals surface area contributed by atoms with Crippen molar-refractivity contribution < 1.29 is 33.3 Å². The Kier molecular flexibility index (Phi) is 7.12. The van der Waals surface area contributed by atoms with Crippen LogP contribution in [-0.4, -0.2) is 43.0 Å². The lowest BCUT2D eigenvalue weighted by Crippen LogP contribution is -2.47. The molecule has 3 atom stereocenters. The predicted octanol–water partition coefficient (Wildman–Crippen LogP) is 4.04. The highest BCUT2D eigenvalue weighted by atomic mass is 16.7. The van der Waals surface area contributed by atoms with E-state index in [2.05, 4.69) is 0 Å². The van der Waals surface area contributed by atoms with E-state index in [9.17, 15) is 14.4 Å². The number of rotatable bonds is 6. The zero-order valence-electron chi connectivity index (χ0n) is 17.7. The Morgan fingerprint density at radius 3 is 1.42 bits per heavy atom. The molecule has 1 aliphatic heterocycles. The van der Waals surface area contributed by atoms with Gasteiger partial charge >= 0.3 is 17.9 Å². The van der Waals surface area contributed by atoms with Crippen molar-refractivity contribution in [1.82, 2.24) is 0 Å². The van der Waals surface area contributed by atoms with Gasteiger partial charge in [-0.25, -0.2) is 14.4 Å². The third kappa shape index (κ3) is 5.84. The summed E-state index contributed by atoms with van der Waals surface area (Å²) in [6, 6.07) is 25.5. The van der Waals surface area contributed by atoms with E-state index in [0.717, 1.165) is 0 Å². The van der Waals surface area contributed by atoms with E-state index in [0.29, 0.717) is 16.7 Å². The van der Waals surface area contributed by atoms with Gasteiger partial charge in [-0.1, -0.05) is 54.6 Å². The van der Waals surface area contributed by atoms with Crippen molar-refractivity contribution >= 4 is 17.9 Å². The summed E-state index contributed by atoms with van der Waals surface area (Å²) in [6.45, 7) is -0.0992. The van der Waals surface area contributed by atoms with Gasteiger partial charge in [0.25, 0.3) is 0 Å². The van der Waals surface area contributed by atoms with E-state index in [1.54, 1.807) is 91.0 Å². The van der Waals surface area contributed by atoms with Crippen molar-refractivity contribution in [3.8, 4) is 0 Å². The molecule has 3 aromatic rings. The molecule has 0 bridgehead atoms. The third-order valence-electron chi connectivity index (χ3n) is 5.07. The van der Waals surface area contributed by atoms with Crippen LogP contribution >= 0.6 is 0 Å². The Bertz CT molecular complexity index is 1080. The maximum absolute atomic E-state index is 12.7. The Morgan fingerprint density at radius 1 is 0.576 bits per heavy atom. The van der Waals surface area contributed by atoms with Crippen molar-refractivity contribution in [2.45, 2.75) is 24.9 Å². The van der Waals surface area contributed by atoms with Gasteiger partial charge in [-0.2, -0.15) is 0 Å². The van der Waals surface area contributed by atoms with E-state index >= 15 is 0 Å². The van der Waals surface area contributed by atoms with E-state index in [-0.39, 0.29) is 13.0 Å². The lowest BCUT2D eigenvalue weighted by molar-refractivity contribution is -0.196. The molecule has 0 unspecified atom stereocenters. The maximum atomic E-state index is 12.7. The zero-order valence-corrected chi connectivity index (χ0v) is 17.7. The predicted molar refractivity (Wildman–Crippen MR) is 118 cm³/mol. The first-order chi connectivity index (χ1) is 16.1. The molecule has 3 aromatic carbocycles. The first kappa shape index (κ1) is 22.2. The van der Waals surface area contributed by atoms with Gasteiger partial charge in [0, 0.05) is 0 Å². The van der Waals surface area contributed by atoms with Crippen molar-refractivity contribution in [3.05, 3.63) is 108 Å². The molecule has 1 heterocycles. The van der Waals surface area contributed by atoms with E-state index in [1.807, 2.05) is 0 Å². The number of ether oxygens (including phenoxy) is 4. The molecule has 0 amide bonds. The summed E-state index contributed by atoms with van der Waals surface area (Å²) in [6.07, 6.45) is -2.67. The van der Waals surface area contributed by atoms with Gasteiger partial charge in [-0.05, 0) is 36.4 Å². The van der Waals surface area contributed by atoms with Crippen LogP contribution in [0.1, 0.15) is 37.5 Å². The van der Waals surface area contributed by atoms with Crippen molar-refractivity contribution in [2.75, 3.05) is 6.61 Å². The summed E-state index contributed by atoms with van der Waals surface area (Å²) in [7, 11) is 0. The summed E-state index contributed by atoms with van der Waals surface area (Å²) in [5.74, 6) is -1.70. The number of carbonyl (C=O) groups is 3. The van der Waals surface area contributed by atoms with E-state index < -0.39 is 36.4 Å². The van der Waals surface area contributed by atoms with Gasteiger partial charge in [0.1, 0.15) is 6.10 Å². The normalized spacial score (nSPS) is 19.8. The van der Waals surface area contributed by atoms with E-state index in [1.165, 1.54) is 0 Å². The highest BCUT2D eigenvalue weighted by Gasteiger charge is 2.38. The molecule has 7 heteroatoms. The molecule has 1 aliphatic rings. The van der Waals surface area contributed by atoms with Crippen LogP contribution in [0.3, 0.4) is 0 Å². The van der Waals surface area contributed by atoms with Crippen LogP contribution in [0.15, 0.2) is 91.0 Å². The summed E-state index contributed by atoms with van der Waals surface area (Å²) in [4.78, 5) is 37.6. The van der Waals surface area contributed by atoms with Crippen molar-refractivity contribution in [3.63, 3.8) is 0 Å². The van der Waals surface area contributed by atoms with E-state index in [4.69, 9.17) is 18.9 Å². The monoisotopic (exact) mass is 446 g/mol. The second kappa shape index (κ2) is 10.6. The van der Waals surface area contributed by atoms with Gasteiger partial charge in [-0.15, -0.1) is 0 Å². The Labute approximate surface area is 190 Å². The topological polar surface area (TPSA) is 88.1 Å². The van der Waals surface area contributed by atoms with Crippen molar-refractivity contribution in [2.24, 2.45) is 0 Å². The third-order valence-corrected chi connectivity index (χ3v) is 5.07. The second-order valence-corrected chi connectivity index (χ2v) is 7.39. The summed E-state index contributed by atoms with van der Waals surface area (Å²) >= 11 is 0. The maximum Gasteiger partial charge on any atom is 0.340 e. The average molecular weight is 446 g/mol. The van der Waals surface area contributed by atoms with Crippen LogP contribution in [0.4, 0.5) is 0 Å². The Hall–Kier alpha value is -3.97. The number of benzene rings is 3. The Morgan fingerprint density at radius 2 is 0.970 bits per heavy atom. The Balaban J connectivity index is 1.47. The molecule has 0 aromatic heterocycles. The molecule has 168 valence electrons. The van der Waals surface area contributed by atoms with Gasteiger partial charge in [0.15, 0.2) is 6.10 Å². The molecule has 0 radical (unpaired) electrons. The smallest absolute Gasteiger partial charge is 0.340 e. The molecule has 0 N–H and O–H groups in total. The van der Waals surface area contributed by atoms with Gasteiger partial charge in [0.05, 0.1) is 29.7 Å². The lowest BCUT2D eigenvalue weighted by Gasteiger charge is -2.34. The summed E-state index contributed by atoms with van der Waals surface area (Å²) in [5, 5.41) is 0. The lowest BCUT2D eigenvalue weighted by atomic mass is 10.1. The molecular weight excluding hydrogens is 424 g/mol. The van der Waals surface area contributed by atoms with Crippen LogP contribution < -0.4 is 0 Å².